The molecule has 0 rings (SSSR count). The lowest BCUT2D eigenvalue weighted by Gasteiger charge is -2.06. The molecule has 76 valence electrons. The topological polar surface area (TPSA) is 20.2 Å². The van der Waals surface area contributed by atoms with Gasteiger partial charge in [-0.1, -0.05) is 45.3 Å². The molecule has 1 nitrogen and oxygen atoms in total. The molecule has 0 saturated carbocycles. The van der Waals surface area contributed by atoms with Gasteiger partial charge in [0, 0.05) is 0 Å². The largest absolute Gasteiger partial charge is 0.380 e. The van der Waals surface area contributed by atoms with E-state index >= 15 is 0 Å². The fourth-order valence-electron chi connectivity index (χ4n) is 0.960. The smallest absolute Gasteiger partial charge is 0.129 e. The first kappa shape index (κ1) is 12.7. The normalized spacial score (nSPS) is 13.3. The third-order valence-electron chi connectivity index (χ3n) is 1.69. The number of aliphatic hydroxyl groups excluding tert-OH is 1. The molecule has 1 atom stereocenters. The summed E-state index contributed by atoms with van der Waals surface area (Å²) in [5.41, 5.74) is 3.19. The number of rotatable bonds is 4. The van der Waals surface area contributed by atoms with Crippen LogP contribution in [0.4, 0.5) is 0 Å². The highest BCUT2D eigenvalue weighted by Crippen LogP contribution is 2.03. The van der Waals surface area contributed by atoms with Crippen molar-refractivity contribution in [1.29, 1.82) is 0 Å². The summed E-state index contributed by atoms with van der Waals surface area (Å²) < 4.78 is 0. The molecular weight excluding hydrogens is 176 g/mol. The highest BCUT2D eigenvalue weighted by Gasteiger charge is 2.08. The van der Waals surface area contributed by atoms with E-state index in [1.807, 2.05) is 0 Å². The second-order valence-electron chi connectivity index (χ2n) is 4.53. The lowest BCUT2D eigenvalue weighted by Crippen LogP contribution is -2.17. The first-order valence-electron chi connectivity index (χ1n) is 5.16. The van der Waals surface area contributed by atoms with Crippen molar-refractivity contribution in [2.75, 3.05) is 0 Å². The Bertz CT molecular complexity index is 182. The Hall–Kier alpha value is -0.263. The minimum absolute atomic E-state index is 0.390. The fourth-order valence-corrected chi connectivity index (χ4v) is 1.56. The highest BCUT2D eigenvalue weighted by molar-refractivity contribution is 6.83. The van der Waals surface area contributed by atoms with Gasteiger partial charge in [0.1, 0.15) is 14.2 Å². The zero-order valence-corrected chi connectivity index (χ0v) is 10.4. The predicted octanol–water partition coefficient (Wildman–Crippen LogP) is 2.81. The minimum atomic E-state index is -1.29. The van der Waals surface area contributed by atoms with Crippen LogP contribution >= 0.6 is 0 Å². The summed E-state index contributed by atoms with van der Waals surface area (Å²) in [6.07, 6.45) is 3.95. The third kappa shape index (κ3) is 9.65. The molecule has 0 unspecified atom stereocenters. The van der Waals surface area contributed by atoms with E-state index in [9.17, 15) is 5.11 Å². The molecule has 0 aliphatic heterocycles. The number of hydrogen-bond donors (Lipinski definition) is 1. The molecule has 0 spiro atoms. The van der Waals surface area contributed by atoms with Crippen LogP contribution in [0.25, 0.3) is 0 Å². The molecule has 13 heavy (non-hydrogen) atoms. The van der Waals surface area contributed by atoms with Gasteiger partial charge in [-0.3, -0.25) is 0 Å². The monoisotopic (exact) mass is 198 g/mol. The van der Waals surface area contributed by atoms with Crippen LogP contribution in [-0.4, -0.2) is 19.3 Å². The molecular formula is C11H22OSi. The maximum absolute atomic E-state index is 9.49. The van der Waals surface area contributed by atoms with Crippen LogP contribution in [0.1, 0.15) is 32.6 Å². The van der Waals surface area contributed by atoms with Gasteiger partial charge in [-0.25, -0.2) is 0 Å². The van der Waals surface area contributed by atoms with Crippen molar-refractivity contribution < 1.29 is 5.11 Å². The van der Waals surface area contributed by atoms with E-state index in [1.54, 1.807) is 0 Å². The van der Waals surface area contributed by atoms with Crippen LogP contribution in [0.3, 0.4) is 0 Å². The lowest BCUT2D eigenvalue weighted by atomic mass is 10.1. The third-order valence-corrected chi connectivity index (χ3v) is 2.59. The van der Waals surface area contributed by atoms with Gasteiger partial charge in [0.25, 0.3) is 0 Å². The van der Waals surface area contributed by atoms with Crippen LogP contribution in [0.5, 0.6) is 0 Å². The Labute approximate surface area is 83.6 Å². The fraction of sp³-hybridized carbons (Fsp3) is 0.818. The van der Waals surface area contributed by atoms with Crippen molar-refractivity contribution in [1.82, 2.24) is 0 Å². The Morgan fingerprint density at radius 3 is 2.31 bits per heavy atom. The second-order valence-corrected chi connectivity index (χ2v) is 9.28. The quantitative estimate of drug-likeness (QED) is 0.418. The van der Waals surface area contributed by atoms with Gasteiger partial charge in [-0.05, 0) is 12.8 Å². The summed E-state index contributed by atoms with van der Waals surface area (Å²) in [5.74, 6) is 2.95. The molecule has 1 N–H and O–H groups in total. The van der Waals surface area contributed by atoms with E-state index in [0.29, 0.717) is 0 Å². The minimum Gasteiger partial charge on any atom is -0.380 e. The summed E-state index contributed by atoms with van der Waals surface area (Å²) in [4.78, 5) is 0. The van der Waals surface area contributed by atoms with Crippen LogP contribution in [0.2, 0.25) is 19.6 Å². The van der Waals surface area contributed by atoms with Gasteiger partial charge in [0.2, 0.25) is 0 Å². The van der Waals surface area contributed by atoms with Crippen molar-refractivity contribution in [3.63, 3.8) is 0 Å². The van der Waals surface area contributed by atoms with Crippen molar-refractivity contribution in [3.8, 4) is 11.5 Å². The summed E-state index contributed by atoms with van der Waals surface area (Å²) in [5, 5.41) is 9.49. The molecule has 2 heteroatoms. The number of unbranched alkanes of at least 4 members (excludes halogenated alkanes) is 2. The molecule has 0 heterocycles. The van der Waals surface area contributed by atoms with Gasteiger partial charge in [0.15, 0.2) is 0 Å². The molecule has 0 fully saturated rings. The number of aliphatic hydroxyl groups is 1. The lowest BCUT2D eigenvalue weighted by molar-refractivity contribution is 0.217. The molecule has 0 bridgehead atoms. The van der Waals surface area contributed by atoms with E-state index in [2.05, 4.69) is 38.0 Å². The Morgan fingerprint density at radius 1 is 1.23 bits per heavy atom. The van der Waals surface area contributed by atoms with Gasteiger partial charge in [-0.2, -0.15) is 0 Å². The maximum Gasteiger partial charge on any atom is 0.129 e. The summed E-state index contributed by atoms with van der Waals surface area (Å²) in [6.45, 7) is 8.75. The molecule has 0 aliphatic rings. The molecule has 0 aromatic heterocycles. The summed E-state index contributed by atoms with van der Waals surface area (Å²) in [7, 11) is -1.29. The summed E-state index contributed by atoms with van der Waals surface area (Å²) >= 11 is 0. The average Bonchev–Trinajstić information content (AvgIpc) is 2.00. The molecule has 0 radical (unpaired) electrons. The van der Waals surface area contributed by atoms with E-state index in [4.69, 9.17) is 0 Å². The van der Waals surface area contributed by atoms with E-state index in [1.165, 1.54) is 12.8 Å². The van der Waals surface area contributed by atoms with Gasteiger partial charge < -0.3 is 5.11 Å². The van der Waals surface area contributed by atoms with Gasteiger partial charge in [-0.15, -0.1) is 5.54 Å². The van der Waals surface area contributed by atoms with E-state index in [0.717, 1.165) is 12.8 Å². The Balaban J connectivity index is 3.71. The molecule has 0 aliphatic carbocycles. The summed E-state index contributed by atoms with van der Waals surface area (Å²) in [6, 6.07) is 0. The van der Waals surface area contributed by atoms with Crippen molar-refractivity contribution in [2.45, 2.75) is 58.4 Å². The van der Waals surface area contributed by atoms with Crippen molar-refractivity contribution in [2.24, 2.45) is 0 Å². The SMILES string of the molecule is CCCCC[C@H](O)C#C[Si](C)(C)C. The van der Waals surface area contributed by atoms with Crippen molar-refractivity contribution >= 4 is 8.07 Å². The van der Waals surface area contributed by atoms with E-state index < -0.39 is 14.2 Å². The maximum atomic E-state index is 9.49. The molecule has 0 amide bonds. The van der Waals surface area contributed by atoms with Gasteiger partial charge >= 0.3 is 0 Å². The Morgan fingerprint density at radius 2 is 1.85 bits per heavy atom. The van der Waals surface area contributed by atoms with Crippen LogP contribution < -0.4 is 0 Å². The Kier molecular flexibility index (Phi) is 6.10. The molecule has 0 aromatic rings. The number of hydrogen-bond acceptors (Lipinski definition) is 1. The first-order valence-corrected chi connectivity index (χ1v) is 8.66. The molecule has 0 aromatic carbocycles. The zero-order valence-electron chi connectivity index (χ0n) is 9.35. The highest BCUT2D eigenvalue weighted by atomic mass is 28.3. The second kappa shape index (κ2) is 6.23. The van der Waals surface area contributed by atoms with E-state index in [-0.39, 0.29) is 0 Å². The standard InChI is InChI=1S/C11H22OSi/c1-5-6-7-8-11(12)9-10-13(2,3)4/h11-12H,5-8H2,1-4H3/t11-/m0/s1. The zero-order chi connectivity index (χ0) is 10.3. The van der Waals surface area contributed by atoms with Gasteiger partial charge in [0.05, 0.1) is 0 Å². The average molecular weight is 198 g/mol. The van der Waals surface area contributed by atoms with Crippen LogP contribution in [0, 0.1) is 11.5 Å². The first-order chi connectivity index (χ1) is 5.95. The van der Waals surface area contributed by atoms with Crippen LogP contribution in [-0.2, 0) is 0 Å². The van der Waals surface area contributed by atoms with Crippen LogP contribution in [0.15, 0.2) is 0 Å². The van der Waals surface area contributed by atoms with Crippen molar-refractivity contribution in [3.05, 3.63) is 0 Å². The predicted molar refractivity (Wildman–Crippen MR) is 61.3 cm³/mol. The molecule has 0 saturated heterocycles.